The number of tetrazole rings is 1. The lowest BCUT2D eigenvalue weighted by atomic mass is 9.90. The van der Waals surface area contributed by atoms with Gasteiger partial charge in [0.1, 0.15) is 0 Å². The smallest absolute Gasteiger partial charge is 0.311 e. The highest BCUT2D eigenvalue weighted by Crippen LogP contribution is 2.35. The van der Waals surface area contributed by atoms with Gasteiger partial charge in [-0.25, -0.2) is 0 Å². The molecule has 2 heterocycles. The number of benzene rings is 1. The van der Waals surface area contributed by atoms with Crippen molar-refractivity contribution in [2.75, 3.05) is 11.4 Å². The van der Waals surface area contributed by atoms with Gasteiger partial charge in [0.25, 0.3) is 0 Å². The Bertz CT molecular complexity index is 639. The van der Waals surface area contributed by atoms with Crippen LogP contribution in [0.4, 0.5) is 5.69 Å². The van der Waals surface area contributed by atoms with Gasteiger partial charge in [-0.2, -0.15) is 4.80 Å². The van der Waals surface area contributed by atoms with E-state index in [1.807, 2.05) is 24.3 Å². The molecule has 3 rings (SSSR count). The maximum Gasteiger partial charge on any atom is 0.311 e. The lowest BCUT2D eigenvalue weighted by Crippen LogP contribution is -2.33. The van der Waals surface area contributed by atoms with E-state index in [4.69, 9.17) is 0 Å². The van der Waals surface area contributed by atoms with E-state index >= 15 is 0 Å². The number of anilines is 1. The van der Waals surface area contributed by atoms with Crippen LogP contribution in [0.15, 0.2) is 24.3 Å². The molecule has 0 spiro atoms. The van der Waals surface area contributed by atoms with Gasteiger partial charge in [0.15, 0.2) is 5.82 Å². The fourth-order valence-electron chi connectivity index (χ4n) is 2.61. The number of para-hydroxylation sites is 1. The second kappa shape index (κ2) is 4.92. The molecule has 1 aliphatic rings. The summed E-state index contributed by atoms with van der Waals surface area (Å²) in [5.41, 5.74) is 1.80. The van der Waals surface area contributed by atoms with Gasteiger partial charge in [-0.1, -0.05) is 18.2 Å². The number of aromatic nitrogens is 4. The highest BCUT2D eigenvalue weighted by molar-refractivity contribution is 5.80. The molecule has 7 heteroatoms. The van der Waals surface area contributed by atoms with Crippen LogP contribution in [0, 0.1) is 0 Å². The number of carbonyl (C=O) groups is 1. The first-order valence-electron chi connectivity index (χ1n) is 6.44. The number of nitrogens with zero attached hydrogens (tertiary/aromatic N) is 5. The van der Waals surface area contributed by atoms with Crippen molar-refractivity contribution in [3.05, 3.63) is 35.7 Å². The first-order valence-corrected chi connectivity index (χ1v) is 6.44. The second-order valence-electron chi connectivity index (χ2n) is 4.85. The van der Waals surface area contributed by atoms with Crippen molar-refractivity contribution >= 4 is 11.7 Å². The second-order valence-corrected chi connectivity index (χ2v) is 4.85. The molecule has 1 N–H and O–H groups in total. The van der Waals surface area contributed by atoms with Gasteiger partial charge in [-0.15, -0.1) is 10.2 Å². The van der Waals surface area contributed by atoms with Crippen LogP contribution in [0.1, 0.15) is 23.7 Å². The minimum Gasteiger partial charge on any atom is -0.481 e. The van der Waals surface area contributed by atoms with Gasteiger partial charge in [-0.3, -0.25) is 4.79 Å². The van der Waals surface area contributed by atoms with Crippen LogP contribution in [0.25, 0.3) is 0 Å². The lowest BCUT2D eigenvalue weighted by molar-refractivity contribution is -0.139. The van der Waals surface area contributed by atoms with Crippen molar-refractivity contribution in [3.8, 4) is 0 Å². The third-order valence-electron chi connectivity index (χ3n) is 3.52. The molecule has 0 saturated heterocycles. The first-order chi connectivity index (χ1) is 9.65. The van der Waals surface area contributed by atoms with Gasteiger partial charge in [0.2, 0.25) is 0 Å². The van der Waals surface area contributed by atoms with Gasteiger partial charge >= 0.3 is 5.97 Å². The minimum atomic E-state index is -0.769. The fourth-order valence-corrected chi connectivity index (χ4v) is 2.61. The SMILES string of the molecule is Cn1nnc(CN2CCC(C(=O)O)c3ccccc32)n1. The number of rotatable bonds is 3. The third kappa shape index (κ3) is 2.22. The van der Waals surface area contributed by atoms with E-state index in [0.717, 1.165) is 11.3 Å². The van der Waals surface area contributed by atoms with Crippen LogP contribution < -0.4 is 4.90 Å². The van der Waals surface area contributed by atoms with Crippen molar-refractivity contribution in [2.45, 2.75) is 18.9 Å². The number of fused-ring (bicyclic) bond motifs is 1. The predicted molar refractivity (Wildman–Crippen MR) is 71.3 cm³/mol. The molecule has 0 aliphatic carbocycles. The number of hydrogen-bond donors (Lipinski definition) is 1. The highest BCUT2D eigenvalue weighted by atomic mass is 16.4. The molecule has 1 aliphatic heterocycles. The molecular formula is C13H15N5O2. The lowest BCUT2D eigenvalue weighted by Gasteiger charge is -2.33. The van der Waals surface area contributed by atoms with Crippen LogP contribution in [0.3, 0.4) is 0 Å². The Hall–Kier alpha value is -2.44. The standard InChI is InChI=1S/C13H15N5O2/c1-17-15-12(14-16-17)8-18-7-6-10(13(19)20)9-4-2-3-5-11(9)18/h2-5,10H,6-8H2,1H3,(H,19,20). The number of carboxylic acid groups (broad SMARTS) is 1. The zero-order valence-electron chi connectivity index (χ0n) is 11.1. The van der Waals surface area contributed by atoms with E-state index in [1.165, 1.54) is 4.80 Å². The van der Waals surface area contributed by atoms with Gasteiger partial charge in [-0.05, 0) is 23.3 Å². The molecule has 0 saturated carbocycles. The van der Waals surface area contributed by atoms with E-state index in [0.29, 0.717) is 25.3 Å². The number of aryl methyl sites for hydroxylation is 1. The number of hydrogen-bond acceptors (Lipinski definition) is 5. The van der Waals surface area contributed by atoms with Gasteiger partial charge in [0.05, 0.1) is 19.5 Å². The highest BCUT2D eigenvalue weighted by Gasteiger charge is 2.30. The molecular weight excluding hydrogens is 258 g/mol. The summed E-state index contributed by atoms with van der Waals surface area (Å²) in [6, 6.07) is 7.62. The zero-order valence-corrected chi connectivity index (χ0v) is 11.1. The molecule has 7 nitrogen and oxygen atoms in total. The Balaban J connectivity index is 1.90. The zero-order chi connectivity index (χ0) is 14.1. The molecule has 20 heavy (non-hydrogen) atoms. The van der Waals surface area contributed by atoms with E-state index in [-0.39, 0.29) is 0 Å². The van der Waals surface area contributed by atoms with Crippen molar-refractivity contribution in [3.63, 3.8) is 0 Å². The molecule has 1 atom stereocenters. The molecule has 104 valence electrons. The Labute approximate surface area is 115 Å². The Morgan fingerprint density at radius 2 is 2.25 bits per heavy atom. The Morgan fingerprint density at radius 1 is 1.45 bits per heavy atom. The molecule has 1 unspecified atom stereocenters. The fraction of sp³-hybridized carbons (Fsp3) is 0.385. The largest absolute Gasteiger partial charge is 0.481 e. The van der Waals surface area contributed by atoms with Crippen molar-refractivity contribution in [2.24, 2.45) is 7.05 Å². The summed E-state index contributed by atoms with van der Waals surface area (Å²) in [6.45, 7) is 1.21. The Kier molecular flexibility index (Phi) is 3.09. The Morgan fingerprint density at radius 3 is 2.95 bits per heavy atom. The normalized spacial score (nSPS) is 17.9. The van der Waals surface area contributed by atoms with Crippen LogP contribution in [0.2, 0.25) is 0 Å². The summed E-state index contributed by atoms with van der Waals surface area (Å²) in [5.74, 6) is -0.567. The molecule has 0 fully saturated rings. The van der Waals surface area contributed by atoms with Crippen LogP contribution >= 0.6 is 0 Å². The van der Waals surface area contributed by atoms with E-state index in [1.54, 1.807) is 7.05 Å². The molecule has 2 aromatic rings. The average molecular weight is 273 g/mol. The number of carboxylic acids is 1. The summed E-state index contributed by atoms with van der Waals surface area (Å²) in [5, 5.41) is 21.3. The quantitative estimate of drug-likeness (QED) is 0.890. The third-order valence-corrected chi connectivity index (χ3v) is 3.52. The van der Waals surface area contributed by atoms with Crippen LogP contribution in [-0.2, 0) is 18.4 Å². The van der Waals surface area contributed by atoms with Crippen molar-refractivity contribution in [1.29, 1.82) is 0 Å². The van der Waals surface area contributed by atoms with Crippen LogP contribution in [-0.4, -0.2) is 37.8 Å². The number of aliphatic carboxylic acids is 1. The maximum atomic E-state index is 11.3. The molecule has 0 radical (unpaired) electrons. The van der Waals surface area contributed by atoms with Gasteiger partial charge < -0.3 is 10.0 Å². The minimum absolute atomic E-state index is 0.433. The molecule has 0 bridgehead atoms. The predicted octanol–water partition coefficient (Wildman–Crippen LogP) is 0.789. The molecule has 1 aromatic heterocycles. The summed E-state index contributed by atoms with van der Waals surface area (Å²) >= 11 is 0. The molecule has 0 amide bonds. The van der Waals surface area contributed by atoms with Crippen molar-refractivity contribution < 1.29 is 9.90 Å². The van der Waals surface area contributed by atoms with Crippen LogP contribution in [0.5, 0.6) is 0 Å². The summed E-state index contributed by atoms with van der Waals surface area (Å²) in [6.07, 6.45) is 0.590. The average Bonchev–Trinajstić information content (AvgIpc) is 2.84. The van der Waals surface area contributed by atoms with Gasteiger partial charge in [0, 0.05) is 12.2 Å². The van der Waals surface area contributed by atoms with E-state index < -0.39 is 11.9 Å². The summed E-state index contributed by atoms with van der Waals surface area (Å²) in [7, 11) is 1.72. The monoisotopic (exact) mass is 273 g/mol. The van der Waals surface area contributed by atoms with E-state index in [2.05, 4.69) is 20.3 Å². The van der Waals surface area contributed by atoms with E-state index in [9.17, 15) is 9.90 Å². The topological polar surface area (TPSA) is 84.1 Å². The van der Waals surface area contributed by atoms with Crippen molar-refractivity contribution in [1.82, 2.24) is 20.2 Å². The maximum absolute atomic E-state index is 11.3. The summed E-state index contributed by atoms with van der Waals surface area (Å²) in [4.78, 5) is 14.9. The first kappa shape index (κ1) is 12.6. The molecule has 1 aromatic carbocycles. The summed E-state index contributed by atoms with van der Waals surface area (Å²) < 4.78 is 0.